The zero-order valence-corrected chi connectivity index (χ0v) is 17.1. The van der Waals surface area contributed by atoms with Crippen LogP contribution in [-0.4, -0.2) is 17.5 Å². The summed E-state index contributed by atoms with van der Waals surface area (Å²) in [6.07, 6.45) is 5.81. The van der Waals surface area contributed by atoms with Crippen LogP contribution in [0.5, 0.6) is 0 Å². The fourth-order valence-corrected chi connectivity index (χ4v) is 3.73. The van der Waals surface area contributed by atoms with Gasteiger partial charge in [0.05, 0.1) is 5.69 Å². The molecular formula is C25H25N3O2. The molecule has 0 bridgehead atoms. The molecule has 4 rings (SSSR count). The summed E-state index contributed by atoms with van der Waals surface area (Å²) in [5.74, 6) is -0.644. The number of amides is 2. The van der Waals surface area contributed by atoms with E-state index in [0.29, 0.717) is 5.56 Å². The number of aryl methyl sites for hydroxylation is 1. The van der Waals surface area contributed by atoms with Crippen molar-refractivity contribution in [2.75, 3.05) is 5.32 Å². The molecule has 152 valence electrons. The average molecular weight is 399 g/mol. The lowest BCUT2D eigenvalue weighted by molar-refractivity contribution is -0.110. The van der Waals surface area contributed by atoms with Gasteiger partial charge in [-0.3, -0.25) is 9.59 Å². The summed E-state index contributed by atoms with van der Waals surface area (Å²) < 4.78 is 0. The first kappa shape index (κ1) is 19.8. The molecule has 1 heterocycles. The van der Waals surface area contributed by atoms with E-state index in [1.54, 1.807) is 6.07 Å². The molecule has 0 spiro atoms. The van der Waals surface area contributed by atoms with E-state index < -0.39 is 0 Å². The van der Waals surface area contributed by atoms with Gasteiger partial charge in [-0.2, -0.15) is 5.10 Å². The molecular weight excluding hydrogens is 374 g/mol. The minimum absolute atomic E-state index is 0.233. The predicted molar refractivity (Wildman–Crippen MR) is 121 cm³/mol. The Bertz CT molecular complexity index is 1130. The van der Waals surface area contributed by atoms with E-state index in [9.17, 15) is 9.59 Å². The van der Waals surface area contributed by atoms with Gasteiger partial charge in [0.25, 0.3) is 11.8 Å². The van der Waals surface area contributed by atoms with Crippen LogP contribution in [0.15, 0.2) is 65.8 Å². The standard InChI is InChI=1S/C25H25N3O2/c1-2-3-4-5-8-17-11-14-21-22(15-17)26-25(30)23(21)27-28-24(29)20-13-12-18-9-6-7-10-19(18)16-20/h6-7,9-16H,2-5,8H2,1H3,(H,28,29)(H,26,27,30). The van der Waals surface area contributed by atoms with Crippen molar-refractivity contribution >= 4 is 34.0 Å². The zero-order valence-electron chi connectivity index (χ0n) is 17.1. The first-order valence-electron chi connectivity index (χ1n) is 10.5. The molecule has 0 fully saturated rings. The normalized spacial score (nSPS) is 14.0. The highest BCUT2D eigenvalue weighted by molar-refractivity contribution is 6.53. The van der Waals surface area contributed by atoms with E-state index in [2.05, 4.69) is 22.8 Å². The number of rotatable bonds is 7. The number of nitrogens with one attached hydrogen (secondary N) is 2. The number of unbranched alkanes of at least 4 members (excludes halogenated alkanes) is 3. The predicted octanol–water partition coefficient (Wildman–Crippen LogP) is 5.05. The molecule has 0 atom stereocenters. The highest BCUT2D eigenvalue weighted by Gasteiger charge is 2.26. The van der Waals surface area contributed by atoms with Crippen LogP contribution >= 0.6 is 0 Å². The molecule has 0 radical (unpaired) electrons. The molecule has 2 amide bonds. The maximum absolute atomic E-state index is 12.5. The largest absolute Gasteiger partial charge is 0.320 e. The summed E-state index contributed by atoms with van der Waals surface area (Å²) in [5, 5.41) is 9.02. The number of carbonyl (C=O) groups excluding carboxylic acids is 2. The molecule has 1 aliphatic rings. The number of carbonyl (C=O) groups is 2. The summed E-state index contributed by atoms with van der Waals surface area (Å²) >= 11 is 0. The Morgan fingerprint density at radius 3 is 2.63 bits per heavy atom. The number of benzene rings is 3. The van der Waals surface area contributed by atoms with Crippen LogP contribution in [0.3, 0.4) is 0 Å². The van der Waals surface area contributed by atoms with E-state index >= 15 is 0 Å². The molecule has 0 unspecified atom stereocenters. The van der Waals surface area contributed by atoms with Gasteiger partial charge in [-0.15, -0.1) is 0 Å². The lowest BCUT2D eigenvalue weighted by atomic mass is 10.0. The van der Waals surface area contributed by atoms with Crippen molar-refractivity contribution in [3.05, 3.63) is 77.4 Å². The monoisotopic (exact) mass is 399 g/mol. The van der Waals surface area contributed by atoms with Crippen molar-refractivity contribution in [2.24, 2.45) is 5.10 Å². The Kier molecular flexibility index (Phi) is 5.89. The first-order chi connectivity index (χ1) is 14.7. The third-order valence-corrected chi connectivity index (χ3v) is 5.40. The smallest absolute Gasteiger partial charge is 0.276 e. The molecule has 2 N–H and O–H groups in total. The lowest BCUT2D eigenvalue weighted by Crippen LogP contribution is -2.23. The SMILES string of the molecule is CCCCCCc1ccc2c(c1)NC(=O)/C2=N\NC(=O)c1ccc2ccccc2c1. The fourth-order valence-electron chi connectivity index (χ4n) is 3.73. The van der Waals surface area contributed by atoms with Crippen molar-refractivity contribution in [1.29, 1.82) is 0 Å². The zero-order chi connectivity index (χ0) is 20.9. The minimum atomic E-state index is -0.345. The van der Waals surface area contributed by atoms with Crippen LogP contribution in [-0.2, 0) is 11.2 Å². The Hall–Kier alpha value is -3.47. The molecule has 0 saturated heterocycles. The molecule has 30 heavy (non-hydrogen) atoms. The van der Waals surface area contributed by atoms with E-state index in [1.807, 2.05) is 54.6 Å². The van der Waals surface area contributed by atoms with Crippen molar-refractivity contribution in [3.8, 4) is 0 Å². The van der Waals surface area contributed by atoms with Gasteiger partial charge in [0, 0.05) is 11.1 Å². The Balaban J connectivity index is 1.47. The summed E-state index contributed by atoms with van der Waals surface area (Å²) in [5.41, 5.74) is 5.94. The van der Waals surface area contributed by atoms with Gasteiger partial charge < -0.3 is 5.32 Å². The number of nitrogens with zero attached hydrogens (tertiary/aromatic N) is 1. The molecule has 5 nitrogen and oxygen atoms in total. The van der Waals surface area contributed by atoms with Gasteiger partial charge >= 0.3 is 0 Å². The second-order valence-corrected chi connectivity index (χ2v) is 7.61. The molecule has 0 aliphatic carbocycles. The van der Waals surface area contributed by atoms with E-state index in [-0.39, 0.29) is 17.5 Å². The lowest BCUT2D eigenvalue weighted by Gasteiger charge is -2.05. The molecule has 3 aromatic carbocycles. The Morgan fingerprint density at radius 1 is 0.967 bits per heavy atom. The van der Waals surface area contributed by atoms with Crippen LogP contribution in [0, 0.1) is 0 Å². The summed E-state index contributed by atoms with van der Waals surface area (Å²) in [6.45, 7) is 2.20. The third-order valence-electron chi connectivity index (χ3n) is 5.40. The van der Waals surface area contributed by atoms with E-state index in [1.165, 1.54) is 24.8 Å². The van der Waals surface area contributed by atoms with Crippen molar-refractivity contribution in [2.45, 2.75) is 39.0 Å². The van der Waals surface area contributed by atoms with Gasteiger partial charge in [-0.1, -0.05) is 68.7 Å². The van der Waals surface area contributed by atoms with Crippen molar-refractivity contribution in [1.82, 2.24) is 5.43 Å². The van der Waals surface area contributed by atoms with Gasteiger partial charge in [-0.25, -0.2) is 5.43 Å². The van der Waals surface area contributed by atoms with E-state index in [4.69, 9.17) is 0 Å². The quantitative estimate of drug-likeness (QED) is 0.431. The fraction of sp³-hybridized carbons (Fsp3) is 0.240. The van der Waals surface area contributed by atoms with Crippen LogP contribution in [0.25, 0.3) is 10.8 Å². The van der Waals surface area contributed by atoms with Crippen LogP contribution in [0.1, 0.15) is 54.1 Å². The van der Waals surface area contributed by atoms with Gasteiger partial charge in [0.2, 0.25) is 0 Å². The summed E-state index contributed by atoms with van der Waals surface area (Å²) in [4.78, 5) is 24.9. The number of fused-ring (bicyclic) bond motifs is 2. The number of hydrogen-bond donors (Lipinski definition) is 2. The van der Waals surface area contributed by atoms with Gasteiger partial charge in [0.1, 0.15) is 0 Å². The number of hydrazone groups is 1. The second-order valence-electron chi connectivity index (χ2n) is 7.61. The maximum atomic E-state index is 12.5. The highest BCUT2D eigenvalue weighted by atomic mass is 16.2. The number of anilines is 1. The molecule has 0 saturated carbocycles. The van der Waals surface area contributed by atoms with Crippen LogP contribution in [0.4, 0.5) is 5.69 Å². The van der Waals surface area contributed by atoms with E-state index in [0.717, 1.165) is 34.9 Å². The topological polar surface area (TPSA) is 70.6 Å². The number of hydrogen-bond acceptors (Lipinski definition) is 3. The third kappa shape index (κ3) is 4.25. The molecule has 1 aliphatic heterocycles. The van der Waals surface area contributed by atoms with Crippen molar-refractivity contribution < 1.29 is 9.59 Å². The molecule has 3 aromatic rings. The molecule has 0 aromatic heterocycles. The van der Waals surface area contributed by atoms with Gasteiger partial charge in [-0.05, 0) is 47.4 Å². The second kappa shape index (κ2) is 8.91. The molecule has 5 heteroatoms. The minimum Gasteiger partial charge on any atom is -0.320 e. The van der Waals surface area contributed by atoms with Crippen LogP contribution in [0.2, 0.25) is 0 Å². The first-order valence-corrected chi connectivity index (χ1v) is 10.5. The average Bonchev–Trinajstić information content (AvgIpc) is 3.08. The maximum Gasteiger partial charge on any atom is 0.276 e. The Labute approximate surface area is 176 Å². The van der Waals surface area contributed by atoms with Gasteiger partial charge in [0.15, 0.2) is 5.71 Å². The summed E-state index contributed by atoms with van der Waals surface area (Å²) in [7, 11) is 0. The Morgan fingerprint density at radius 2 is 1.80 bits per heavy atom. The summed E-state index contributed by atoms with van der Waals surface area (Å²) in [6, 6.07) is 19.3. The van der Waals surface area contributed by atoms with Crippen molar-refractivity contribution in [3.63, 3.8) is 0 Å². The highest BCUT2D eigenvalue weighted by Crippen LogP contribution is 2.25. The van der Waals surface area contributed by atoms with Crippen LogP contribution < -0.4 is 10.7 Å².